The van der Waals surface area contributed by atoms with Crippen molar-refractivity contribution in [1.82, 2.24) is 4.72 Å². The third-order valence-corrected chi connectivity index (χ3v) is 5.22. The smallest absolute Gasteiger partial charge is 0.211 e. The van der Waals surface area contributed by atoms with Crippen molar-refractivity contribution in [3.05, 3.63) is 30.3 Å². The highest BCUT2D eigenvalue weighted by Crippen LogP contribution is 2.35. The summed E-state index contributed by atoms with van der Waals surface area (Å²) >= 11 is 0. The van der Waals surface area contributed by atoms with Crippen molar-refractivity contribution < 1.29 is 8.42 Å². The van der Waals surface area contributed by atoms with E-state index >= 15 is 0 Å². The van der Waals surface area contributed by atoms with Gasteiger partial charge in [0.1, 0.15) is 0 Å². The molecule has 1 aliphatic rings. The summed E-state index contributed by atoms with van der Waals surface area (Å²) < 4.78 is 27.0. The summed E-state index contributed by atoms with van der Waals surface area (Å²) in [6.45, 7) is 2.73. The molecule has 4 heteroatoms. The molecule has 0 aromatic heterocycles. The first-order valence-electron chi connectivity index (χ1n) is 6.57. The normalized spacial score (nSPS) is 19.6. The Labute approximate surface area is 110 Å². The van der Waals surface area contributed by atoms with Crippen molar-refractivity contribution in [3.8, 4) is 0 Å². The lowest BCUT2D eigenvalue weighted by atomic mass is 9.76. The molecule has 18 heavy (non-hydrogen) atoms. The Bertz CT molecular complexity index is 476. The molecular weight excluding hydrogens is 246 g/mol. The fourth-order valence-corrected chi connectivity index (χ4v) is 3.75. The van der Waals surface area contributed by atoms with Crippen LogP contribution in [0.25, 0.3) is 0 Å². The largest absolute Gasteiger partial charge is 0.240 e. The molecular formula is C14H21NO2S. The Morgan fingerprint density at radius 3 is 2.33 bits per heavy atom. The van der Waals surface area contributed by atoms with E-state index < -0.39 is 10.0 Å². The lowest BCUT2D eigenvalue weighted by Crippen LogP contribution is -2.36. The minimum Gasteiger partial charge on any atom is -0.211 e. The first-order valence-corrected chi connectivity index (χ1v) is 8.05. The molecule has 0 bridgehead atoms. The minimum atomic E-state index is -3.35. The molecule has 3 nitrogen and oxygen atoms in total. The van der Waals surface area contributed by atoms with Gasteiger partial charge in [-0.3, -0.25) is 0 Å². The predicted octanol–water partition coefficient (Wildman–Crippen LogP) is 2.94. The first-order chi connectivity index (χ1) is 8.52. The number of sulfonamides is 1. The van der Waals surface area contributed by atoms with Gasteiger partial charge in [0.05, 0.1) is 4.90 Å². The number of nitrogens with one attached hydrogen (secondary N) is 1. The topological polar surface area (TPSA) is 46.2 Å². The fourth-order valence-electron chi connectivity index (χ4n) is 2.53. The van der Waals surface area contributed by atoms with Gasteiger partial charge in [0.2, 0.25) is 10.0 Å². The molecule has 0 unspecified atom stereocenters. The van der Waals surface area contributed by atoms with E-state index in [-0.39, 0.29) is 5.41 Å². The second-order valence-electron chi connectivity index (χ2n) is 5.51. The van der Waals surface area contributed by atoms with Crippen LogP contribution in [0.4, 0.5) is 0 Å². The van der Waals surface area contributed by atoms with E-state index in [2.05, 4.69) is 11.6 Å². The van der Waals surface area contributed by atoms with Crippen molar-refractivity contribution in [2.24, 2.45) is 5.41 Å². The third kappa shape index (κ3) is 3.33. The average molecular weight is 267 g/mol. The van der Waals surface area contributed by atoms with E-state index in [4.69, 9.17) is 0 Å². The Kier molecular flexibility index (Phi) is 4.07. The number of hydrogen-bond donors (Lipinski definition) is 1. The van der Waals surface area contributed by atoms with Crippen LogP contribution < -0.4 is 4.72 Å². The van der Waals surface area contributed by atoms with Crippen LogP contribution in [0, 0.1) is 5.41 Å². The van der Waals surface area contributed by atoms with E-state index in [1.165, 1.54) is 19.3 Å². The summed E-state index contributed by atoms with van der Waals surface area (Å²) in [5, 5.41) is 0. The Balaban J connectivity index is 2.01. The molecule has 0 aliphatic heterocycles. The highest BCUT2D eigenvalue weighted by Gasteiger charge is 2.28. The molecule has 0 heterocycles. The lowest BCUT2D eigenvalue weighted by Gasteiger charge is -2.33. The summed E-state index contributed by atoms with van der Waals surface area (Å²) in [7, 11) is -3.35. The van der Waals surface area contributed by atoms with Crippen LogP contribution in [0.3, 0.4) is 0 Å². The zero-order valence-electron chi connectivity index (χ0n) is 10.9. The molecule has 1 aromatic rings. The van der Waals surface area contributed by atoms with Gasteiger partial charge in [-0.25, -0.2) is 13.1 Å². The zero-order chi connectivity index (χ0) is 13.1. The number of hydrogen-bond acceptors (Lipinski definition) is 2. The van der Waals surface area contributed by atoms with Crippen molar-refractivity contribution in [1.29, 1.82) is 0 Å². The highest BCUT2D eigenvalue weighted by molar-refractivity contribution is 7.89. The lowest BCUT2D eigenvalue weighted by molar-refractivity contribution is 0.219. The Morgan fingerprint density at radius 1 is 1.11 bits per heavy atom. The van der Waals surface area contributed by atoms with Crippen LogP contribution in [0.5, 0.6) is 0 Å². The second-order valence-corrected chi connectivity index (χ2v) is 7.28. The molecule has 1 aliphatic carbocycles. The van der Waals surface area contributed by atoms with Crippen LogP contribution in [0.15, 0.2) is 35.2 Å². The summed E-state index contributed by atoms with van der Waals surface area (Å²) in [6, 6.07) is 8.58. The highest BCUT2D eigenvalue weighted by atomic mass is 32.2. The van der Waals surface area contributed by atoms with Gasteiger partial charge in [-0.15, -0.1) is 0 Å². The monoisotopic (exact) mass is 267 g/mol. The van der Waals surface area contributed by atoms with Crippen molar-refractivity contribution in [3.63, 3.8) is 0 Å². The van der Waals surface area contributed by atoms with Crippen molar-refractivity contribution >= 4 is 10.0 Å². The molecule has 1 aromatic carbocycles. The SMILES string of the molecule is CC1(CNS(=O)(=O)c2ccccc2)CCCCC1. The van der Waals surface area contributed by atoms with Gasteiger partial charge in [0.15, 0.2) is 0 Å². The van der Waals surface area contributed by atoms with E-state index in [1.54, 1.807) is 24.3 Å². The first kappa shape index (κ1) is 13.6. The van der Waals surface area contributed by atoms with Crippen LogP contribution >= 0.6 is 0 Å². The quantitative estimate of drug-likeness (QED) is 0.911. The van der Waals surface area contributed by atoms with Crippen LogP contribution in [0.1, 0.15) is 39.0 Å². The average Bonchev–Trinajstić information content (AvgIpc) is 2.39. The number of rotatable bonds is 4. The standard InChI is InChI=1S/C14H21NO2S/c1-14(10-6-3-7-11-14)12-15-18(16,17)13-8-4-2-5-9-13/h2,4-5,8-9,15H,3,6-7,10-12H2,1H3. The molecule has 1 N–H and O–H groups in total. The van der Waals surface area contributed by atoms with Crippen molar-refractivity contribution in [2.45, 2.75) is 43.9 Å². The van der Waals surface area contributed by atoms with Gasteiger partial charge in [0.25, 0.3) is 0 Å². The van der Waals surface area contributed by atoms with Crippen LogP contribution in [0.2, 0.25) is 0 Å². The molecule has 0 atom stereocenters. The van der Waals surface area contributed by atoms with E-state index in [9.17, 15) is 8.42 Å². The maximum atomic E-state index is 12.1. The third-order valence-electron chi connectivity index (χ3n) is 3.80. The molecule has 0 spiro atoms. The van der Waals surface area contributed by atoms with Gasteiger partial charge >= 0.3 is 0 Å². The summed E-state index contributed by atoms with van der Waals surface area (Å²) in [4.78, 5) is 0.351. The molecule has 1 fully saturated rings. The van der Waals surface area contributed by atoms with Gasteiger partial charge < -0.3 is 0 Å². The van der Waals surface area contributed by atoms with Crippen LogP contribution in [-0.2, 0) is 10.0 Å². The van der Waals surface area contributed by atoms with Gasteiger partial charge in [-0.2, -0.15) is 0 Å². The minimum absolute atomic E-state index is 0.125. The fraction of sp³-hybridized carbons (Fsp3) is 0.571. The molecule has 2 rings (SSSR count). The maximum absolute atomic E-state index is 12.1. The van der Waals surface area contributed by atoms with Gasteiger partial charge in [-0.1, -0.05) is 44.4 Å². The zero-order valence-corrected chi connectivity index (χ0v) is 11.7. The maximum Gasteiger partial charge on any atom is 0.240 e. The molecule has 1 saturated carbocycles. The van der Waals surface area contributed by atoms with Crippen LogP contribution in [-0.4, -0.2) is 15.0 Å². The molecule has 100 valence electrons. The second kappa shape index (κ2) is 5.41. The summed E-state index contributed by atoms with van der Waals surface area (Å²) in [5.41, 5.74) is 0.125. The predicted molar refractivity (Wildman–Crippen MR) is 72.8 cm³/mol. The molecule has 0 saturated heterocycles. The summed E-state index contributed by atoms with van der Waals surface area (Å²) in [5.74, 6) is 0. The van der Waals surface area contributed by atoms with E-state index in [1.807, 2.05) is 6.07 Å². The van der Waals surface area contributed by atoms with Gasteiger partial charge in [0, 0.05) is 6.54 Å². The summed E-state index contributed by atoms with van der Waals surface area (Å²) in [6.07, 6.45) is 5.93. The van der Waals surface area contributed by atoms with E-state index in [0.29, 0.717) is 11.4 Å². The van der Waals surface area contributed by atoms with Gasteiger partial charge in [-0.05, 0) is 30.4 Å². The Morgan fingerprint density at radius 2 is 1.72 bits per heavy atom. The Hall–Kier alpha value is -0.870. The van der Waals surface area contributed by atoms with E-state index in [0.717, 1.165) is 12.8 Å². The molecule has 0 radical (unpaired) electrons. The van der Waals surface area contributed by atoms with Crippen molar-refractivity contribution in [2.75, 3.05) is 6.54 Å². The number of benzene rings is 1. The molecule has 0 amide bonds.